The lowest BCUT2D eigenvalue weighted by atomic mass is 10.0. The van der Waals surface area contributed by atoms with Crippen molar-refractivity contribution in [2.24, 2.45) is 7.05 Å². The number of anilines is 1. The molecule has 0 spiro atoms. The fourth-order valence-electron chi connectivity index (χ4n) is 3.59. The van der Waals surface area contributed by atoms with E-state index in [0.717, 1.165) is 22.6 Å². The minimum absolute atomic E-state index is 0.260. The van der Waals surface area contributed by atoms with Gasteiger partial charge in [0, 0.05) is 24.5 Å². The minimum atomic E-state index is -2.06. The number of aryl methyl sites for hydroxylation is 1. The molecule has 4 rings (SSSR count). The molecular weight excluding hydrogens is 424 g/mol. The summed E-state index contributed by atoms with van der Waals surface area (Å²) in [6.07, 6.45) is 1.79. The van der Waals surface area contributed by atoms with E-state index < -0.39 is 11.1 Å². The molecule has 1 unspecified atom stereocenters. The molecular formula is C25H22N2O4S. The average Bonchev–Trinajstić information content (AvgIpc) is 3.09. The lowest BCUT2D eigenvalue weighted by Crippen LogP contribution is -2.12. The molecule has 3 aromatic carbocycles. The second-order valence-electron chi connectivity index (χ2n) is 7.27. The summed E-state index contributed by atoms with van der Waals surface area (Å²) in [4.78, 5) is 13.2. The number of nitrogens with zero attached hydrogens (tertiary/aromatic N) is 1. The maximum Gasteiger partial charge on any atom is 0.257 e. The highest BCUT2D eigenvalue weighted by Gasteiger charge is 2.20. The van der Waals surface area contributed by atoms with Crippen LogP contribution in [0.25, 0.3) is 11.3 Å². The number of amides is 1. The first-order valence-electron chi connectivity index (χ1n) is 9.94. The van der Waals surface area contributed by atoms with Crippen LogP contribution in [0.1, 0.15) is 15.9 Å². The molecule has 0 aliphatic carbocycles. The van der Waals surface area contributed by atoms with Crippen molar-refractivity contribution in [2.45, 2.75) is 11.8 Å². The predicted molar refractivity (Wildman–Crippen MR) is 126 cm³/mol. The van der Waals surface area contributed by atoms with Gasteiger partial charge in [-0.05, 0) is 61.0 Å². The summed E-state index contributed by atoms with van der Waals surface area (Å²) >= 11 is -2.06. The first-order chi connectivity index (χ1) is 15.4. The van der Waals surface area contributed by atoms with Crippen molar-refractivity contribution in [1.29, 1.82) is 0 Å². The quantitative estimate of drug-likeness (QED) is 0.376. The smallest absolute Gasteiger partial charge is 0.257 e. The number of carbonyl (C=O) groups excluding carboxylic acids is 1. The average molecular weight is 447 g/mol. The molecule has 4 aromatic rings. The van der Waals surface area contributed by atoms with Crippen molar-refractivity contribution < 1.29 is 18.3 Å². The Bertz CT molecular complexity index is 1280. The molecule has 0 aliphatic heterocycles. The number of rotatable bonds is 6. The van der Waals surface area contributed by atoms with Crippen LogP contribution in [0.5, 0.6) is 11.5 Å². The van der Waals surface area contributed by atoms with Crippen LogP contribution in [-0.2, 0) is 18.1 Å². The van der Waals surface area contributed by atoms with Crippen LogP contribution in [0.4, 0.5) is 5.69 Å². The van der Waals surface area contributed by atoms with Crippen molar-refractivity contribution in [2.75, 3.05) is 5.32 Å². The van der Waals surface area contributed by atoms with Gasteiger partial charge < -0.3 is 19.2 Å². The van der Waals surface area contributed by atoms with Gasteiger partial charge in [-0.2, -0.15) is 0 Å². The summed E-state index contributed by atoms with van der Waals surface area (Å²) in [5, 5.41) is 2.85. The van der Waals surface area contributed by atoms with Crippen LogP contribution in [-0.4, -0.2) is 19.2 Å². The minimum Gasteiger partial charge on any atom is -0.457 e. The number of benzene rings is 3. The van der Waals surface area contributed by atoms with Crippen LogP contribution < -0.4 is 10.1 Å². The Hall–Kier alpha value is -3.68. The molecule has 0 aliphatic rings. The number of carbonyl (C=O) groups is 1. The van der Waals surface area contributed by atoms with E-state index in [1.165, 1.54) is 12.1 Å². The Morgan fingerprint density at radius 3 is 2.31 bits per heavy atom. The van der Waals surface area contributed by atoms with Crippen LogP contribution in [0.3, 0.4) is 0 Å². The fourth-order valence-corrected chi connectivity index (χ4v) is 3.96. The van der Waals surface area contributed by atoms with E-state index in [-0.39, 0.29) is 10.8 Å². The Morgan fingerprint density at radius 2 is 1.62 bits per heavy atom. The van der Waals surface area contributed by atoms with E-state index in [0.29, 0.717) is 17.0 Å². The monoisotopic (exact) mass is 446 g/mol. The summed E-state index contributed by atoms with van der Waals surface area (Å²) in [7, 11) is 1.89. The second-order valence-corrected chi connectivity index (χ2v) is 8.24. The maximum absolute atomic E-state index is 13.0. The van der Waals surface area contributed by atoms with Gasteiger partial charge in [-0.15, -0.1) is 0 Å². The Labute approximate surface area is 188 Å². The lowest BCUT2D eigenvalue weighted by molar-refractivity contribution is 0.102. The maximum atomic E-state index is 13.0. The zero-order valence-corrected chi connectivity index (χ0v) is 18.4. The van der Waals surface area contributed by atoms with Gasteiger partial charge in [0.05, 0.1) is 16.2 Å². The first kappa shape index (κ1) is 21.5. The highest BCUT2D eigenvalue weighted by Crippen LogP contribution is 2.36. The van der Waals surface area contributed by atoms with Crippen LogP contribution in [0.15, 0.2) is 90.0 Å². The van der Waals surface area contributed by atoms with E-state index in [4.69, 9.17) is 9.29 Å². The third-order valence-electron chi connectivity index (χ3n) is 5.11. The van der Waals surface area contributed by atoms with Crippen molar-refractivity contribution in [3.63, 3.8) is 0 Å². The van der Waals surface area contributed by atoms with Crippen LogP contribution >= 0.6 is 0 Å². The number of hydrogen-bond acceptors (Lipinski definition) is 3. The zero-order chi connectivity index (χ0) is 22.7. The van der Waals surface area contributed by atoms with E-state index in [1.807, 2.05) is 73.1 Å². The molecule has 2 N–H and O–H groups in total. The Morgan fingerprint density at radius 1 is 0.969 bits per heavy atom. The Kier molecular flexibility index (Phi) is 6.20. The summed E-state index contributed by atoms with van der Waals surface area (Å²) in [5.41, 5.74) is 3.66. The van der Waals surface area contributed by atoms with Gasteiger partial charge in [0.1, 0.15) is 11.5 Å². The topological polar surface area (TPSA) is 80.6 Å². The standard InChI is InChI=1S/C25H22N2O4S/c1-17-22(25(28)26-18-12-14-20(15-13-18)32(29)30)16-27(2)24(17)21-10-6-7-11-23(21)31-19-8-4-3-5-9-19/h3-16H,1-2H3,(H,26,28)(H,29,30). The van der Waals surface area contributed by atoms with E-state index >= 15 is 0 Å². The second kappa shape index (κ2) is 9.21. The number of para-hydroxylation sites is 2. The van der Waals surface area contributed by atoms with Crippen molar-refractivity contribution >= 4 is 22.7 Å². The van der Waals surface area contributed by atoms with Gasteiger partial charge >= 0.3 is 0 Å². The van der Waals surface area contributed by atoms with Crippen molar-refractivity contribution in [1.82, 2.24) is 4.57 Å². The van der Waals surface area contributed by atoms with E-state index in [2.05, 4.69) is 5.32 Å². The molecule has 32 heavy (non-hydrogen) atoms. The normalized spacial score (nSPS) is 11.7. The highest BCUT2D eigenvalue weighted by molar-refractivity contribution is 7.79. The molecule has 0 saturated heterocycles. The lowest BCUT2D eigenvalue weighted by Gasteiger charge is -2.13. The van der Waals surface area contributed by atoms with Gasteiger partial charge in [0.2, 0.25) is 0 Å². The molecule has 0 saturated carbocycles. The molecule has 0 radical (unpaired) electrons. The third-order valence-corrected chi connectivity index (χ3v) is 5.78. The third kappa shape index (κ3) is 4.49. The van der Waals surface area contributed by atoms with Gasteiger partial charge in [-0.3, -0.25) is 4.79 Å². The van der Waals surface area contributed by atoms with Crippen LogP contribution in [0, 0.1) is 6.92 Å². The molecule has 1 amide bonds. The van der Waals surface area contributed by atoms with Crippen LogP contribution in [0.2, 0.25) is 0 Å². The number of aromatic nitrogens is 1. The molecule has 1 heterocycles. The molecule has 1 atom stereocenters. The molecule has 0 bridgehead atoms. The number of hydrogen-bond donors (Lipinski definition) is 2. The summed E-state index contributed by atoms with van der Waals surface area (Å²) in [5.74, 6) is 1.17. The fraction of sp³-hybridized carbons (Fsp3) is 0.0800. The van der Waals surface area contributed by atoms with Crippen molar-refractivity contribution in [3.8, 4) is 22.8 Å². The van der Waals surface area contributed by atoms with Crippen molar-refractivity contribution in [3.05, 3.63) is 96.2 Å². The molecule has 162 valence electrons. The van der Waals surface area contributed by atoms with Gasteiger partial charge in [-0.1, -0.05) is 30.3 Å². The Balaban J connectivity index is 1.64. The van der Waals surface area contributed by atoms with E-state index in [1.54, 1.807) is 18.3 Å². The SMILES string of the molecule is Cc1c(C(=O)Nc2ccc(S(=O)O)cc2)cn(C)c1-c1ccccc1Oc1ccccc1. The first-order valence-corrected chi connectivity index (χ1v) is 11.0. The molecule has 0 fully saturated rings. The summed E-state index contributed by atoms with van der Waals surface area (Å²) < 4.78 is 28.3. The molecule has 6 nitrogen and oxygen atoms in total. The zero-order valence-electron chi connectivity index (χ0n) is 17.6. The number of nitrogens with one attached hydrogen (secondary N) is 1. The molecule has 7 heteroatoms. The largest absolute Gasteiger partial charge is 0.457 e. The van der Waals surface area contributed by atoms with Gasteiger partial charge in [-0.25, -0.2) is 4.21 Å². The summed E-state index contributed by atoms with van der Waals surface area (Å²) in [6.45, 7) is 1.90. The summed E-state index contributed by atoms with van der Waals surface area (Å²) in [6, 6.07) is 23.5. The highest BCUT2D eigenvalue weighted by atomic mass is 32.2. The number of ether oxygens (including phenoxy) is 1. The van der Waals surface area contributed by atoms with Gasteiger partial charge in [0.15, 0.2) is 11.1 Å². The predicted octanol–water partition coefficient (Wildman–Crippen LogP) is 5.63. The van der Waals surface area contributed by atoms with E-state index in [9.17, 15) is 9.00 Å². The molecule has 1 aromatic heterocycles. The van der Waals surface area contributed by atoms with Gasteiger partial charge in [0.25, 0.3) is 5.91 Å².